The maximum Gasteiger partial charge on any atom is 2.00 e. The summed E-state index contributed by atoms with van der Waals surface area (Å²) in [6.45, 7) is 4.78. The Balaban J connectivity index is -0.000000333. The molecule has 0 spiro atoms. The molecule has 1 nitrogen and oxygen atoms in total. The number of hydrogen-bond acceptors (Lipinski definition) is 1. The number of halogens is 2. The van der Waals surface area contributed by atoms with Crippen LogP contribution in [0.1, 0.15) is 12.5 Å². The molecule has 0 fully saturated rings. The second-order valence-electron chi connectivity index (χ2n) is 2.20. The molecule has 70 valence electrons. The van der Waals surface area contributed by atoms with Gasteiger partial charge in [0.1, 0.15) is 5.75 Å². The second-order valence-corrected chi connectivity index (χ2v) is 2.20. The molecule has 0 amide bonds. The summed E-state index contributed by atoms with van der Waals surface area (Å²) in [5.41, 5.74) is 1.20. The van der Waals surface area contributed by atoms with Gasteiger partial charge in [-0.3, -0.25) is 0 Å². The number of ether oxygens (including phenoxy) is 1. The van der Waals surface area contributed by atoms with E-state index in [0.29, 0.717) is 0 Å². The number of aryl methyl sites for hydroxylation is 1. The van der Waals surface area contributed by atoms with Crippen LogP contribution in [0.5, 0.6) is 5.75 Å². The summed E-state index contributed by atoms with van der Waals surface area (Å²) in [4.78, 5) is 0. The van der Waals surface area contributed by atoms with Gasteiger partial charge in [-0.05, 0) is 25.5 Å². The molecule has 0 aliphatic carbocycles. The van der Waals surface area contributed by atoms with Gasteiger partial charge in [0.2, 0.25) is 0 Å². The molecule has 0 unspecified atom stereocenters. The van der Waals surface area contributed by atoms with E-state index in [0.717, 1.165) is 12.4 Å². The van der Waals surface area contributed by atoms with Gasteiger partial charge in [-0.2, -0.15) is 0 Å². The first-order chi connectivity index (χ1) is 4.84. The molecule has 1 aromatic rings. The van der Waals surface area contributed by atoms with Crippen LogP contribution in [0.3, 0.4) is 0 Å². The van der Waals surface area contributed by atoms with Crippen molar-refractivity contribution in [3.63, 3.8) is 0 Å². The van der Waals surface area contributed by atoms with Crippen molar-refractivity contribution in [1.82, 2.24) is 0 Å². The molecule has 1 aromatic carbocycles. The minimum absolute atomic E-state index is 0. The van der Waals surface area contributed by atoms with Crippen LogP contribution >= 0.6 is 0 Å². The summed E-state index contributed by atoms with van der Waals surface area (Å²) >= 11 is 0. The summed E-state index contributed by atoms with van der Waals surface area (Å²) in [5, 5.41) is 0. The average molecular weight is 231 g/mol. The molecule has 0 radical (unpaired) electrons. The molecule has 1 rings (SSSR count). The van der Waals surface area contributed by atoms with Crippen LogP contribution in [0.15, 0.2) is 24.3 Å². The van der Waals surface area contributed by atoms with Crippen molar-refractivity contribution in [2.75, 3.05) is 6.61 Å². The molecule has 0 N–H and O–H groups in total. The Morgan fingerprint density at radius 2 is 1.69 bits per heavy atom. The van der Waals surface area contributed by atoms with Crippen molar-refractivity contribution in [3.05, 3.63) is 29.8 Å². The normalized spacial score (nSPS) is 7.23. The fourth-order valence-corrected chi connectivity index (χ4v) is 0.874. The van der Waals surface area contributed by atoms with E-state index >= 15 is 0 Å². The zero-order chi connectivity index (χ0) is 7.40. The quantitative estimate of drug-likeness (QED) is 0.472. The topological polar surface area (TPSA) is 9.23 Å². The molecule has 4 heteroatoms. The van der Waals surface area contributed by atoms with Crippen molar-refractivity contribution in [1.29, 1.82) is 0 Å². The average Bonchev–Trinajstić information content (AvgIpc) is 1.94. The second kappa shape index (κ2) is 10.4. The molecule has 13 heavy (non-hydrogen) atoms. The molecule has 0 bridgehead atoms. The van der Waals surface area contributed by atoms with Crippen LogP contribution in [0.2, 0.25) is 0 Å². The van der Waals surface area contributed by atoms with Crippen LogP contribution in [0.25, 0.3) is 0 Å². The van der Waals surface area contributed by atoms with Gasteiger partial charge >= 0.3 is 23.1 Å². The zero-order valence-corrected chi connectivity index (χ0v) is 10.8. The van der Waals surface area contributed by atoms with Crippen molar-refractivity contribution in [2.24, 2.45) is 0 Å². The number of benzene rings is 1. The third-order valence-corrected chi connectivity index (χ3v) is 1.39. The number of para-hydroxylation sites is 1. The third kappa shape index (κ3) is 6.44. The van der Waals surface area contributed by atoms with Gasteiger partial charge in [-0.25, -0.2) is 0 Å². The Kier molecular flexibility index (Phi) is 15.3. The Labute approximate surface area is 108 Å². The molecule has 0 aliphatic rings. The first-order valence-electron chi connectivity index (χ1n) is 3.53. The SMILES string of the molecule is CCOc1ccccc1C.[Cl-].[Cl-].[Mg+2]. The molecule has 0 aliphatic heterocycles. The first kappa shape index (κ1) is 19.0. The molecular weight excluding hydrogens is 219 g/mol. The van der Waals surface area contributed by atoms with Gasteiger partial charge in [-0.15, -0.1) is 0 Å². The van der Waals surface area contributed by atoms with Crippen LogP contribution in [-0.4, -0.2) is 29.7 Å². The van der Waals surface area contributed by atoms with Crippen molar-refractivity contribution >= 4 is 23.1 Å². The molecule has 0 saturated heterocycles. The number of rotatable bonds is 2. The van der Waals surface area contributed by atoms with E-state index in [2.05, 4.69) is 0 Å². The zero-order valence-electron chi connectivity index (χ0n) is 7.89. The molecule has 0 atom stereocenters. The van der Waals surface area contributed by atoms with Gasteiger partial charge in [0, 0.05) is 0 Å². The third-order valence-electron chi connectivity index (χ3n) is 1.39. The fraction of sp³-hybridized carbons (Fsp3) is 0.333. The Bertz CT molecular complexity index is 219. The maximum absolute atomic E-state index is 5.34. The summed E-state index contributed by atoms with van der Waals surface area (Å²) in [5.74, 6) is 0.991. The molecule has 0 aromatic heterocycles. The fourth-order valence-electron chi connectivity index (χ4n) is 0.874. The van der Waals surface area contributed by atoms with Gasteiger partial charge in [0.25, 0.3) is 0 Å². The maximum atomic E-state index is 5.34. The number of hydrogen-bond donors (Lipinski definition) is 0. The van der Waals surface area contributed by atoms with Crippen molar-refractivity contribution in [3.8, 4) is 5.75 Å². The van der Waals surface area contributed by atoms with Crippen LogP contribution in [0.4, 0.5) is 0 Å². The predicted octanol–water partition coefficient (Wildman–Crippen LogP) is -3.98. The van der Waals surface area contributed by atoms with Gasteiger partial charge in [-0.1, -0.05) is 18.2 Å². The summed E-state index contributed by atoms with van der Waals surface area (Å²) in [6, 6.07) is 8.03. The Morgan fingerprint density at radius 1 is 1.15 bits per heavy atom. The van der Waals surface area contributed by atoms with E-state index < -0.39 is 0 Å². The van der Waals surface area contributed by atoms with E-state index in [1.54, 1.807) is 0 Å². The monoisotopic (exact) mass is 230 g/mol. The smallest absolute Gasteiger partial charge is 1.00 e. The minimum Gasteiger partial charge on any atom is -1.00 e. The summed E-state index contributed by atoms with van der Waals surface area (Å²) in [6.07, 6.45) is 0. The van der Waals surface area contributed by atoms with E-state index in [9.17, 15) is 0 Å². The van der Waals surface area contributed by atoms with Crippen LogP contribution in [-0.2, 0) is 0 Å². The van der Waals surface area contributed by atoms with E-state index in [-0.39, 0.29) is 47.9 Å². The molecule has 0 saturated carbocycles. The Morgan fingerprint density at radius 3 is 2.15 bits per heavy atom. The summed E-state index contributed by atoms with van der Waals surface area (Å²) in [7, 11) is 0. The van der Waals surface area contributed by atoms with Crippen molar-refractivity contribution in [2.45, 2.75) is 13.8 Å². The van der Waals surface area contributed by atoms with E-state index in [1.165, 1.54) is 5.56 Å². The molecule has 0 heterocycles. The summed E-state index contributed by atoms with van der Waals surface area (Å²) < 4.78 is 5.34. The molecular formula is C9H12Cl2MgO. The Hall–Kier alpha value is 0.366. The van der Waals surface area contributed by atoms with Crippen LogP contribution in [0, 0.1) is 6.92 Å². The predicted molar refractivity (Wildman–Crippen MR) is 48.1 cm³/mol. The minimum atomic E-state index is 0. The van der Waals surface area contributed by atoms with Gasteiger partial charge in [0.15, 0.2) is 0 Å². The van der Waals surface area contributed by atoms with Gasteiger partial charge in [0.05, 0.1) is 6.61 Å². The van der Waals surface area contributed by atoms with E-state index in [1.807, 2.05) is 38.1 Å². The van der Waals surface area contributed by atoms with Crippen molar-refractivity contribution < 1.29 is 29.6 Å². The van der Waals surface area contributed by atoms with Gasteiger partial charge < -0.3 is 29.6 Å². The van der Waals surface area contributed by atoms with Crippen LogP contribution < -0.4 is 29.6 Å². The largest absolute Gasteiger partial charge is 2.00 e. The van der Waals surface area contributed by atoms with E-state index in [4.69, 9.17) is 4.74 Å². The first-order valence-corrected chi connectivity index (χ1v) is 3.53. The standard InChI is InChI=1S/C9H12O.2ClH.Mg/c1-3-10-9-7-5-4-6-8(9)2;;;/h4-7H,3H2,1-2H3;2*1H;/q;;;+2/p-2.